The Kier molecular flexibility index (Phi) is 4.24. The third-order valence-corrected chi connectivity index (χ3v) is 3.71. The Morgan fingerprint density at radius 2 is 1.76 bits per heavy atom. The Balaban J connectivity index is 2.05. The Hall–Kier alpha value is -3.19. The van der Waals surface area contributed by atoms with Gasteiger partial charge in [0, 0.05) is 10.6 Å². The van der Waals surface area contributed by atoms with Crippen molar-refractivity contribution in [2.45, 2.75) is 0 Å². The van der Waals surface area contributed by atoms with Gasteiger partial charge >= 0.3 is 6.03 Å². The fourth-order valence-electron chi connectivity index (χ4n) is 2.28. The number of nitrogens with one attached hydrogen (secondary N) is 1. The Morgan fingerprint density at radius 3 is 2.44 bits per heavy atom. The van der Waals surface area contributed by atoms with E-state index >= 15 is 0 Å². The monoisotopic (exact) mass is 360 g/mol. The molecule has 4 amide bonds. The summed E-state index contributed by atoms with van der Waals surface area (Å²) in [6.07, 6.45) is 1.13. The molecule has 0 unspecified atom stereocenters. The van der Waals surface area contributed by atoms with Gasteiger partial charge in [0.1, 0.15) is 17.1 Å². The summed E-state index contributed by atoms with van der Waals surface area (Å²) in [5, 5.41) is 12.2. The number of imide groups is 2. The van der Waals surface area contributed by atoms with Crippen LogP contribution in [0.5, 0.6) is 5.75 Å². The highest BCUT2D eigenvalue weighted by Crippen LogP contribution is 2.26. The maximum absolute atomic E-state index is 13.0. The van der Waals surface area contributed by atoms with Crippen LogP contribution in [0.15, 0.2) is 48.0 Å². The average Bonchev–Trinajstić information content (AvgIpc) is 2.56. The van der Waals surface area contributed by atoms with Gasteiger partial charge in [-0.05, 0) is 48.5 Å². The van der Waals surface area contributed by atoms with Gasteiger partial charge in [-0.2, -0.15) is 0 Å². The lowest BCUT2D eigenvalue weighted by atomic mass is 10.1. The molecule has 0 bridgehead atoms. The molecule has 1 heterocycles. The highest BCUT2D eigenvalue weighted by Gasteiger charge is 2.36. The molecule has 0 atom stereocenters. The number of benzene rings is 2. The number of phenolic OH excluding ortho intramolecular Hbond substituents is 1. The van der Waals surface area contributed by atoms with Crippen molar-refractivity contribution in [1.29, 1.82) is 0 Å². The van der Waals surface area contributed by atoms with E-state index in [9.17, 15) is 23.9 Å². The first-order valence-corrected chi connectivity index (χ1v) is 7.40. The van der Waals surface area contributed by atoms with Crippen LogP contribution in [-0.2, 0) is 9.59 Å². The summed E-state index contributed by atoms with van der Waals surface area (Å²) >= 11 is 5.84. The number of urea groups is 1. The number of nitrogens with zero attached hydrogens (tertiary/aromatic N) is 1. The van der Waals surface area contributed by atoms with E-state index < -0.39 is 23.7 Å². The van der Waals surface area contributed by atoms with E-state index in [2.05, 4.69) is 0 Å². The minimum atomic E-state index is -0.950. The number of phenols is 1. The first-order chi connectivity index (χ1) is 11.9. The highest BCUT2D eigenvalue weighted by molar-refractivity contribution is 6.39. The third kappa shape index (κ3) is 3.22. The van der Waals surface area contributed by atoms with Gasteiger partial charge < -0.3 is 5.11 Å². The number of barbiturate groups is 1. The number of aromatic hydroxyl groups is 1. The van der Waals surface area contributed by atoms with Crippen LogP contribution in [0.4, 0.5) is 14.9 Å². The summed E-state index contributed by atoms with van der Waals surface area (Å²) in [7, 11) is 0. The first-order valence-electron chi connectivity index (χ1n) is 7.02. The minimum absolute atomic E-state index is 0.0950. The van der Waals surface area contributed by atoms with Crippen LogP contribution in [0.25, 0.3) is 6.08 Å². The predicted molar refractivity (Wildman–Crippen MR) is 88.5 cm³/mol. The van der Waals surface area contributed by atoms with Crippen LogP contribution >= 0.6 is 11.6 Å². The normalized spacial score (nSPS) is 16.3. The van der Waals surface area contributed by atoms with Crippen LogP contribution in [0, 0.1) is 5.82 Å². The van der Waals surface area contributed by atoms with Crippen molar-refractivity contribution in [1.82, 2.24) is 5.32 Å². The second-order valence-electron chi connectivity index (χ2n) is 5.14. The Labute approximate surface area is 146 Å². The van der Waals surface area contributed by atoms with E-state index in [1.807, 2.05) is 5.32 Å². The van der Waals surface area contributed by atoms with Crippen LogP contribution in [0.3, 0.4) is 0 Å². The molecule has 8 heteroatoms. The number of halogens is 2. The number of carbonyl (C=O) groups excluding carboxylic acids is 3. The van der Waals surface area contributed by atoms with E-state index in [4.69, 9.17) is 11.6 Å². The summed E-state index contributed by atoms with van der Waals surface area (Å²) in [6, 6.07) is 7.79. The molecular weight excluding hydrogens is 351 g/mol. The van der Waals surface area contributed by atoms with E-state index in [-0.39, 0.29) is 22.6 Å². The summed E-state index contributed by atoms with van der Waals surface area (Å²) in [4.78, 5) is 37.3. The van der Waals surface area contributed by atoms with Gasteiger partial charge in [-0.15, -0.1) is 0 Å². The van der Waals surface area contributed by atoms with Crippen molar-refractivity contribution >= 4 is 41.2 Å². The lowest BCUT2D eigenvalue weighted by Gasteiger charge is -2.26. The SMILES string of the molecule is O=C1NC(=O)N(c2ccc(F)cc2)C(=O)/C1=C/c1cc(Cl)ccc1O. The molecule has 3 rings (SSSR count). The molecule has 6 nitrogen and oxygen atoms in total. The summed E-state index contributed by atoms with van der Waals surface area (Å²) < 4.78 is 13.0. The van der Waals surface area contributed by atoms with Gasteiger partial charge in [-0.25, -0.2) is 14.1 Å². The molecule has 0 aliphatic carbocycles. The second kappa shape index (κ2) is 6.37. The molecule has 2 aromatic rings. The van der Waals surface area contributed by atoms with Crippen LogP contribution < -0.4 is 10.2 Å². The molecule has 1 fully saturated rings. The Bertz CT molecular complexity index is 925. The van der Waals surface area contributed by atoms with Crippen molar-refractivity contribution in [3.05, 3.63) is 64.4 Å². The zero-order valence-electron chi connectivity index (χ0n) is 12.5. The lowest BCUT2D eigenvalue weighted by molar-refractivity contribution is -0.122. The topological polar surface area (TPSA) is 86.7 Å². The van der Waals surface area contributed by atoms with Crippen molar-refractivity contribution in [2.24, 2.45) is 0 Å². The molecule has 2 N–H and O–H groups in total. The standard InChI is InChI=1S/C17H10ClFN2O4/c18-10-1-6-14(22)9(7-10)8-13-15(23)20-17(25)21(16(13)24)12-4-2-11(19)3-5-12/h1-8,22H,(H,20,23,25)/b13-8+. The average molecular weight is 361 g/mol. The van der Waals surface area contributed by atoms with Crippen molar-refractivity contribution in [2.75, 3.05) is 4.90 Å². The first kappa shape index (κ1) is 16.7. The molecule has 2 aromatic carbocycles. The number of carbonyl (C=O) groups is 3. The van der Waals surface area contributed by atoms with E-state index in [0.717, 1.165) is 18.2 Å². The molecule has 0 saturated carbocycles. The number of anilines is 1. The summed E-state index contributed by atoms with van der Waals surface area (Å²) in [5.41, 5.74) is -0.140. The molecule has 1 aliphatic heterocycles. The molecular formula is C17H10ClFN2O4. The molecule has 0 aromatic heterocycles. The molecule has 25 heavy (non-hydrogen) atoms. The van der Waals surface area contributed by atoms with Gasteiger partial charge in [0.15, 0.2) is 0 Å². The van der Waals surface area contributed by atoms with Gasteiger partial charge in [0.25, 0.3) is 11.8 Å². The fraction of sp³-hybridized carbons (Fsp3) is 0. The maximum Gasteiger partial charge on any atom is 0.335 e. The van der Waals surface area contributed by atoms with Gasteiger partial charge in [-0.3, -0.25) is 14.9 Å². The molecule has 1 saturated heterocycles. The van der Waals surface area contributed by atoms with Crippen molar-refractivity contribution < 1.29 is 23.9 Å². The van der Waals surface area contributed by atoms with Crippen LogP contribution in [-0.4, -0.2) is 23.0 Å². The number of hydrogen-bond acceptors (Lipinski definition) is 4. The number of hydrogen-bond donors (Lipinski definition) is 2. The van der Waals surface area contributed by atoms with Gasteiger partial charge in [-0.1, -0.05) is 11.6 Å². The minimum Gasteiger partial charge on any atom is -0.507 e. The van der Waals surface area contributed by atoms with E-state index in [1.165, 1.54) is 30.3 Å². The van der Waals surface area contributed by atoms with E-state index in [0.29, 0.717) is 9.92 Å². The zero-order chi connectivity index (χ0) is 18.1. The number of rotatable bonds is 2. The van der Waals surface area contributed by atoms with E-state index in [1.54, 1.807) is 0 Å². The second-order valence-corrected chi connectivity index (χ2v) is 5.57. The summed E-state index contributed by atoms with van der Waals surface area (Å²) in [6.45, 7) is 0. The number of amides is 4. The highest BCUT2D eigenvalue weighted by atomic mass is 35.5. The maximum atomic E-state index is 13.0. The fourth-order valence-corrected chi connectivity index (χ4v) is 2.46. The molecule has 1 aliphatic rings. The van der Waals surface area contributed by atoms with Crippen molar-refractivity contribution in [3.63, 3.8) is 0 Å². The summed E-state index contributed by atoms with van der Waals surface area (Å²) in [5.74, 6) is -2.54. The van der Waals surface area contributed by atoms with Crippen LogP contribution in [0.2, 0.25) is 5.02 Å². The van der Waals surface area contributed by atoms with Gasteiger partial charge in [0.05, 0.1) is 5.69 Å². The quantitative estimate of drug-likeness (QED) is 0.637. The van der Waals surface area contributed by atoms with Crippen molar-refractivity contribution in [3.8, 4) is 5.75 Å². The lowest BCUT2D eigenvalue weighted by Crippen LogP contribution is -2.54. The predicted octanol–water partition coefficient (Wildman–Crippen LogP) is 2.85. The van der Waals surface area contributed by atoms with Gasteiger partial charge in [0.2, 0.25) is 0 Å². The largest absolute Gasteiger partial charge is 0.507 e. The smallest absolute Gasteiger partial charge is 0.335 e. The zero-order valence-corrected chi connectivity index (χ0v) is 13.2. The third-order valence-electron chi connectivity index (χ3n) is 3.48. The molecule has 126 valence electrons. The molecule has 0 spiro atoms. The van der Waals surface area contributed by atoms with Crippen LogP contribution in [0.1, 0.15) is 5.56 Å². The Morgan fingerprint density at radius 1 is 1.08 bits per heavy atom. The molecule has 0 radical (unpaired) electrons.